The van der Waals surface area contributed by atoms with Crippen molar-refractivity contribution in [2.24, 2.45) is 0 Å². The summed E-state index contributed by atoms with van der Waals surface area (Å²) >= 11 is 0. The molecule has 0 N–H and O–H groups in total. The number of hydrogen-bond acceptors (Lipinski definition) is 3. The maximum atomic E-state index is 11.2. The molecule has 98 valence electrons. The standard InChI is InChI=1S/C16H17NO2/c1-11-6-14(9-17-8-11)12(2)16-7-15(19-3)5-4-13(16)10-18/h4-10,12H,1-3H3. The van der Waals surface area contributed by atoms with E-state index in [1.54, 1.807) is 19.2 Å². The zero-order valence-electron chi connectivity index (χ0n) is 11.4. The van der Waals surface area contributed by atoms with Gasteiger partial charge in [0.05, 0.1) is 7.11 Å². The van der Waals surface area contributed by atoms with Crippen LogP contribution in [0.1, 0.15) is 39.9 Å². The molecule has 0 aliphatic carbocycles. The van der Waals surface area contributed by atoms with Crippen molar-refractivity contribution < 1.29 is 9.53 Å². The summed E-state index contributed by atoms with van der Waals surface area (Å²) in [5.41, 5.74) is 3.85. The molecule has 0 saturated heterocycles. The highest BCUT2D eigenvalue weighted by Crippen LogP contribution is 2.29. The third kappa shape index (κ3) is 2.81. The lowest BCUT2D eigenvalue weighted by molar-refractivity contribution is 0.112. The molecule has 1 unspecified atom stereocenters. The van der Waals surface area contributed by atoms with Gasteiger partial charge in [0, 0.05) is 23.9 Å². The van der Waals surface area contributed by atoms with Crippen LogP contribution in [0.2, 0.25) is 0 Å². The molecule has 3 nitrogen and oxygen atoms in total. The highest BCUT2D eigenvalue weighted by Gasteiger charge is 2.14. The van der Waals surface area contributed by atoms with Gasteiger partial charge < -0.3 is 4.74 Å². The minimum atomic E-state index is 0.0997. The number of benzene rings is 1. The average Bonchev–Trinajstić information content (AvgIpc) is 2.45. The van der Waals surface area contributed by atoms with Crippen molar-refractivity contribution in [2.75, 3.05) is 7.11 Å². The molecule has 19 heavy (non-hydrogen) atoms. The van der Waals surface area contributed by atoms with Crippen LogP contribution in [0.15, 0.2) is 36.7 Å². The van der Waals surface area contributed by atoms with Crippen LogP contribution in [0.4, 0.5) is 0 Å². The fourth-order valence-electron chi connectivity index (χ4n) is 2.16. The van der Waals surface area contributed by atoms with Gasteiger partial charge in [0.1, 0.15) is 12.0 Å². The topological polar surface area (TPSA) is 39.2 Å². The molecule has 0 bridgehead atoms. The van der Waals surface area contributed by atoms with Gasteiger partial charge in [-0.15, -0.1) is 0 Å². The van der Waals surface area contributed by atoms with Crippen LogP contribution in [-0.4, -0.2) is 18.4 Å². The van der Waals surface area contributed by atoms with Crippen LogP contribution in [0.3, 0.4) is 0 Å². The van der Waals surface area contributed by atoms with Crippen molar-refractivity contribution in [1.29, 1.82) is 0 Å². The van der Waals surface area contributed by atoms with E-state index in [9.17, 15) is 4.79 Å². The minimum absolute atomic E-state index is 0.0997. The Bertz CT molecular complexity index is 593. The van der Waals surface area contributed by atoms with Crippen molar-refractivity contribution in [3.63, 3.8) is 0 Å². The zero-order chi connectivity index (χ0) is 13.8. The summed E-state index contributed by atoms with van der Waals surface area (Å²) in [7, 11) is 1.62. The lowest BCUT2D eigenvalue weighted by atomic mass is 9.90. The molecule has 0 aliphatic rings. The van der Waals surface area contributed by atoms with E-state index < -0.39 is 0 Å². The summed E-state index contributed by atoms with van der Waals surface area (Å²) in [6, 6.07) is 7.60. The number of carbonyl (C=O) groups is 1. The molecule has 1 aromatic carbocycles. The normalized spacial score (nSPS) is 11.9. The van der Waals surface area contributed by atoms with Crippen LogP contribution in [0.25, 0.3) is 0 Å². The Morgan fingerprint density at radius 1 is 1.26 bits per heavy atom. The second-order valence-electron chi connectivity index (χ2n) is 4.63. The predicted molar refractivity (Wildman–Crippen MR) is 74.9 cm³/mol. The number of hydrogen-bond donors (Lipinski definition) is 0. The van der Waals surface area contributed by atoms with Crippen molar-refractivity contribution in [1.82, 2.24) is 4.98 Å². The molecule has 1 aromatic heterocycles. The molecule has 0 radical (unpaired) electrons. The van der Waals surface area contributed by atoms with E-state index in [0.717, 1.165) is 28.7 Å². The van der Waals surface area contributed by atoms with E-state index in [4.69, 9.17) is 4.74 Å². The average molecular weight is 255 g/mol. The molecular weight excluding hydrogens is 238 g/mol. The number of carbonyl (C=O) groups excluding carboxylic acids is 1. The van der Waals surface area contributed by atoms with E-state index in [2.05, 4.69) is 18.0 Å². The molecule has 0 spiro atoms. The second kappa shape index (κ2) is 5.65. The number of aryl methyl sites for hydroxylation is 1. The third-order valence-corrected chi connectivity index (χ3v) is 3.28. The molecule has 2 rings (SSSR count). The van der Waals surface area contributed by atoms with Gasteiger partial charge in [0.15, 0.2) is 0 Å². The minimum Gasteiger partial charge on any atom is -0.497 e. The fourth-order valence-corrected chi connectivity index (χ4v) is 2.16. The maximum Gasteiger partial charge on any atom is 0.150 e. The van der Waals surface area contributed by atoms with E-state index in [1.807, 2.05) is 25.4 Å². The van der Waals surface area contributed by atoms with Gasteiger partial charge in [-0.05, 0) is 41.8 Å². The lowest BCUT2D eigenvalue weighted by Gasteiger charge is -2.16. The summed E-state index contributed by atoms with van der Waals surface area (Å²) in [5.74, 6) is 0.857. The first-order valence-corrected chi connectivity index (χ1v) is 6.20. The number of ether oxygens (including phenoxy) is 1. The quantitative estimate of drug-likeness (QED) is 0.786. The van der Waals surface area contributed by atoms with Gasteiger partial charge in [-0.1, -0.05) is 13.0 Å². The molecular formula is C16H17NO2. The van der Waals surface area contributed by atoms with Gasteiger partial charge >= 0.3 is 0 Å². The van der Waals surface area contributed by atoms with Crippen LogP contribution >= 0.6 is 0 Å². The molecule has 0 saturated carbocycles. The first kappa shape index (κ1) is 13.3. The number of nitrogens with zero attached hydrogens (tertiary/aromatic N) is 1. The number of rotatable bonds is 4. The molecule has 2 aromatic rings. The van der Waals surface area contributed by atoms with E-state index in [1.165, 1.54) is 0 Å². The SMILES string of the molecule is COc1ccc(C=O)c(C(C)c2cncc(C)c2)c1. The zero-order valence-corrected chi connectivity index (χ0v) is 11.4. The van der Waals surface area contributed by atoms with Crippen LogP contribution in [0.5, 0.6) is 5.75 Å². The largest absolute Gasteiger partial charge is 0.497 e. The number of methoxy groups -OCH3 is 1. The van der Waals surface area contributed by atoms with Crippen molar-refractivity contribution in [2.45, 2.75) is 19.8 Å². The Kier molecular flexibility index (Phi) is 3.95. The Morgan fingerprint density at radius 2 is 2.05 bits per heavy atom. The molecule has 1 atom stereocenters. The molecule has 1 heterocycles. The smallest absolute Gasteiger partial charge is 0.150 e. The van der Waals surface area contributed by atoms with Crippen LogP contribution < -0.4 is 4.74 Å². The Hall–Kier alpha value is -2.16. The van der Waals surface area contributed by atoms with Crippen molar-refractivity contribution in [3.8, 4) is 5.75 Å². The first-order valence-electron chi connectivity index (χ1n) is 6.20. The molecule has 0 amide bonds. The van der Waals surface area contributed by atoms with Crippen LogP contribution in [-0.2, 0) is 0 Å². The number of aromatic nitrogens is 1. The fraction of sp³-hybridized carbons (Fsp3) is 0.250. The Labute approximate surface area is 113 Å². The second-order valence-corrected chi connectivity index (χ2v) is 4.63. The predicted octanol–water partition coefficient (Wildman–Crippen LogP) is 3.36. The summed E-state index contributed by atoms with van der Waals surface area (Å²) in [5, 5.41) is 0. The van der Waals surface area contributed by atoms with E-state index >= 15 is 0 Å². The molecule has 0 aliphatic heterocycles. The first-order chi connectivity index (χ1) is 9.15. The molecule has 3 heteroatoms. The van der Waals surface area contributed by atoms with E-state index in [-0.39, 0.29) is 5.92 Å². The highest BCUT2D eigenvalue weighted by molar-refractivity contribution is 5.78. The van der Waals surface area contributed by atoms with Gasteiger partial charge in [0.2, 0.25) is 0 Å². The van der Waals surface area contributed by atoms with Gasteiger partial charge in [0.25, 0.3) is 0 Å². The van der Waals surface area contributed by atoms with Gasteiger partial charge in [-0.3, -0.25) is 9.78 Å². The summed E-state index contributed by atoms with van der Waals surface area (Å²) < 4.78 is 5.23. The van der Waals surface area contributed by atoms with Crippen molar-refractivity contribution in [3.05, 3.63) is 58.9 Å². The number of aldehydes is 1. The third-order valence-electron chi connectivity index (χ3n) is 3.28. The maximum absolute atomic E-state index is 11.2. The summed E-state index contributed by atoms with van der Waals surface area (Å²) in [6.45, 7) is 4.08. The Balaban J connectivity index is 2.47. The number of pyridine rings is 1. The lowest BCUT2D eigenvalue weighted by Crippen LogP contribution is -2.02. The van der Waals surface area contributed by atoms with Crippen LogP contribution in [0, 0.1) is 6.92 Å². The Morgan fingerprint density at radius 3 is 2.68 bits per heavy atom. The summed E-state index contributed by atoms with van der Waals surface area (Å²) in [4.78, 5) is 15.4. The summed E-state index contributed by atoms with van der Waals surface area (Å²) in [6.07, 6.45) is 4.54. The monoisotopic (exact) mass is 255 g/mol. The van der Waals surface area contributed by atoms with Crippen molar-refractivity contribution >= 4 is 6.29 Å². The van der Waals surface area contributed by atoms with Gasteiger partial charge in [-0.2, -0.15) is 0 Å². The molecule has 0 fully saturated rings. The highest BCUT2D eigenvalue weighted by atomic mass is 16.5. The van der Waals surface area contributed by atoms with Gasteiger partial charge in [-0.25, -0.2) is 0 Å². The van der Waals surface area contributed by atoms with E-state index in [0.29, 0.717) is 5.56 Å².